The lowest BCUT2D eigenvalue weighted by atomic mass is 9.95. The molecule has 0 saturated carbocycles. The average Bonchev–Trinajstić information content (AvgIpc) is 2.38. The van der Waals surface area contributed by atoms with E-state index in [1.54, 1.807) is 0 Å². The number of rotatable bonds is 8. The zero-order valence-electron chi connectivity index (χ0n) is 11.9. The fraction of sp³-hybridized carbons (Fsp3) is 0.562. The minimum Gasteiger partial charge on any atom is -0.368 e. The fourth-order valence-corrected chi connectivity index (χ4v) is 2.51. The number of nitriles is 1. The highest BCUT2D eigenvalue weighted by molar-refractivity contribution is 9.10. The van der Waals surface area contributed by atoms with E-state index in [1.165, 1.54) is 25.7 Å². The van der Waals surface area contributed by atoms with Crippen LogP contribution in [-0.4, -0.2) is 5.54 Å². The minimum absolute atomic E-state index is 0.479. The lowest BCUT2D eigenvalue weighted by molar-refractivity contribution is 0.522. The van der Waals surface area contributed by atoms with Gasteiger partial charge in [-0.1, -0.05) is 61.0 Å². The molecular formula is C16H23BrN2. The summed E-state index contributed by atoms with van der Waals surface area (Å²) in [7, 11) is 0. The number of nitrogens with zero attached hydrogens (tertiary/aromatic N) is 1. The van der Waals surface area contributed by atoms with Crippen molar-refractivity contribution in [3.8, 4) is 6.07 Å². The highest BCUT2D eigenvalue weighted by atomic mass is 79.9. The summed E-state index contributed by atoms with van der Waals surface area (Å²) in [6.07, 6.45) is 7.03. The number of hydrogen-bond donors (Lipinski definition) is 1. The molecule has 19 heavy (non-hydrogen) atoms. The predicted molar refractivity (Wildman–Crippen MR) is 85.2 cm³/mol. The Hall–Kier alpha value is -1.01. The summed E-state index contributed by atoms with van der Waals surface area (Å²) in [5, 5.41) is 12.7. The normalized spacial score (nSPS) is 13.6. The Labute approximate surface area is 125 Å². The number of nitrogens with one attached hydrogen (secondary N) is 1. The molecule has 3 heteroatoms. The summed E-state index contributed by atoms with van der Waals surface area (Å²) in [6.45, 7) is 4.20. The lowest BCUT2D eigenvalue weighted by Crippen LogP contribution is -2.32. The molecule has 0 aliphatic rings. The maximum Gasteiger partial charge on any atom is 0.122 e. The summed E-state index contributed by atoms with van der Waals surface area (Å²) in [5.74, 6) is 0. The van der Waals surface area contributed by atoms with Crippen LogP contribution in [0.3, 0.4) is 0 Å². The molecule has 1 atom stereocenters. The van der Waals surface area contributed by atoms with Crippen molar-refractivity contribution in [2.24, 2.45) is 0 Å². The molecular weight excluding hydrogens is 300 g/mol. The Kier molecular flexibility index (Phi) is 6.94. The second kappa shape index (κ2) is 8.22. The van der Waals surface area contributed by atoms with Gasteiger partial charge in [-0.3, -0.25) is 0 Å². The molecule has 1 aromatic carbocycles. The molecule has 104 valence electrons. The molecule has 0 amide bonds. The van der Waals surface area contributed by atoms with Crippen molar-refractivity contribution in [2.45, 2.75) is 57.9 Å². The Morgan fingerprint density at radius 2 is 2.00 bits per heavy atom. The monoisotopic (exact) mass is 322 g/mol. The van der Waals surface area contributed by atoms with Crippen LogP contribution in [0.4, 0.5) is 5.69 Å². The quantitative estimate of drug-likeness (QED) is 0.641. The van der Waals surface area contributed by atoms with Gasteiger partial charge in [0.25, 0.3) is 0 Å². The van der Waals surface area contributed by atoms with E-state index in [0.717, 1.165) is 23.0 Å². The molecule has 0 radical (unpaired) electrons. The molecule has 0 aliphatic heterocycles. The molecule has 0 saturated heterocycles. The van der Waals surface area contributed by atoms with Gasteiger partial charge in [0.15, 0.2) is 0 Å². The van der Waals surface area contributed by atoms with Crippen molar-refractivity contribution in [2.75, 3.05) is 5.32 Å². The highest BCUT2D eigenvalue weighted by Gasteiger charge is 2.22. The number of anilines is 1. The van der Waals surface area contributed by atoms with Crippen LogP contribution in [0.2, 0.25) is 0 Å². The molecule has 2 nitrogen and oxygen atoms in total. The molecule has 1 aromatic rings. The van der Waals surface area contributed by atoms with E-state index in [1.807, 2.05) is 31.2 Å². The first-order chi connectivity index (χ1) is 9.09. The molecule has 1 rings (SSSR count). The van der Waals surface area contributed by atoms with Crippen molar-refractivity contribution in [3.63, 3.8) is 0 Å². The van der Waals surface area contributed by atoms with Crippen LogP contribution in [-0.2, 0) is 0 Å². The lowest BCUT2D eigenvalue weighted by Gasteiger charge is -2.24. The molecule has 0 aliphatic carbocycles. The van der Waals surface area contributed by atoms with Gasteiger partial charge in [0.2, 0.25) is 0 Å². The number of halogens is 1. The summed E-state index contributed by atoms with van der Waals surface area (Å²) in [4.78, 5) is 0. The van der Waals surface area contributed by atoms with Gasteiger partial charge in [-0.05, 0) is 31.5 Å². The molecule has 0 fully saturated rings. The van der Waals surface area contributed by atoms with Gasteiger partial charge in [-0.25, -0.2) is 0 Å². The third-order valence-electron chi connectivity index (χ3n) is 3.27. The topological polar surface area (TPSA) is 35.8 Å². The smallest absolute Gasteiger partial charge is 0.122 e. The van der Waals surface area contributed by atoms with Crippen LogP contribution in [0.25, 0.3) is 0 Å². The van der Waals surface area contributed by atoms with E-state index in [2.05, 4.69) is 34.2 Å². The van der Waals surface area contributed by atoms with Crippen molar-refractivity contribution in [1.82, 2.24) is 0 Å². The van der Waals surface area contributed by atoms with E-state index in [4.69, 9.17) is 0 Å². The second-order valence-electron chi connectivity index (χ2n) is 5.24. The van der Waals surface area contributed by atoms with Crippen LogP contribution >= 0.6 is 15.9 Å². The number of unbranched alkanes of at least 4 members (excludes halogenated alkanes) is 4. The first-order valence-electron chi connectivity index (χ1n) is 7.04. The van der Waals surface area contributed by atoms with Crippen LogP contribution in [0.5, 0.6) is 0 Å². The Morgan fingerprint density at radius 3 is 2.63 bits per heavy atom. The van der Waals surface area contributed by atoms with E-state index >= 15 is 0 Å². The molecule has 1 unspecified atom stereocenters. The molecule has 0 aromatic heterocycles. The van der Waals surface area contributed by atoms with E-state index in [0.29, 0.717) is 0 Å². The van der Waals surface area contributed by atoms with Crippen LogP contribution in [0, 0.1) is 11.3 Å². The van der Waals surface area contributed by atoms with Gasteiger partial charge < -0.3 is 5.32 Å². The van der Waals surface area contributed by atoms with Gasteiger partial charge >= 0.3 is 0 Å². The molecule has 0 spiro atoms. The van der Waals surface area contributed by atoms with Gasteiger partial charge in [0.05, 0.1) is 6.07 Å². The van der Waals surface area contributed by atoms with Gasteiger partial charge in [-0.2, -0.15) is 5.26 Å². The average molecular weight is 323 g/mol. The van der Waals surface area contributed by atoms with Crippen LogP contribution < -0.4 is 5.32 Å². The standard InChI is InChI=1S/C16H23BrN2/c1-3-4-5-6-7-11-16(2,13-18)19-15-10-8-9-14(17)12-15/h8-10,12,19H,3-7,11H2,1-2H3. The second-order valence-corrected chi connectivity index (χ2v) is 6.16. The van der Waals surface area contributed by atoms with Crippen molar-refractivity contribution < 1.29 is 0 Å². The highest BCUT2D eigenvalue weighted by Crippen LogP contribution is 2.23. The minimum atomic E-state index is -0.479. The predicted octanol–water partition coefficient (Wildman–Crippen LogP) is 5.50. The van der Waals surface area contributed by atoms with Crippen molar-refractivity contribution >= 4 is 21.6 Å². The Bertz CT molecular complexity index is 425. The largest absolute Gasteiger partial charge is 0.368 e. The molecule has 0 heterocycles. The van der Waals surface area contributed by atoms with E-state index in [-0.39, 0.29) is 0 Å². The fourth-order valence-electron chi connectivity index (χ4n) is 2.11. The third-order valence-corrected chi connectivity index (χ3v) is 3.77. The summed E-state index contributed by atoms with van der Waals surface area (Å²) < 4.78 is 1.03. The SMILES string of the molecule is CCCCCCCC(C)(C#N)Nc1cccc(Br)c1. The number of hydrogen-bond acceptors (Lipinski definition) is 2. The van der Waals surface area contributed by atoms with E-state index in [9.17, 15) is 5.26 Å². The maximum atomic E-state index is 9.39. The first kappa shape index (κ1) is 16.0. The van der Waals surface area contributed by atoms with Gasteiger partial charge in [0, 0.05) is 10.2 Å². The van der Waals surface area contributed by atoms with Crippen molar-refractivity contribution in [1.29, 1.82) is 5.26 Å². The Morgan fingerprint density at radius 1 is 1.26 bits per heavy atom. The Balaban J connectivity index is 2.49. The molecule has 0 bridgehead atoms. The summed E-state index contributed by atoms with van der Waals surface area (Å²) in [6, 6.07) is 10.4. The van der Waals surface area contributed by atoms with Crippen LogP contribution in [0.15, 0.2) is 28.7 Å². The molecule has 1 N–H and O–H groups in total. The van der Waals surface area contributed by atoms with Crippen LogP contribution in [0.1, 0.15) is 52.4 Å². The third kappa shape index (κ3) is 6.11. The first-order valence-corrected chi connectivity index (χ1v) is 7.84. The van der Waals surface area contributed by atoms with Gasteiger partial charge in [0.1, 0.15) is 5.54 Å². The zero-order valence-corrected chi connectivity index (χ0v) is 13.5. The summed E-state index contributed by atoms with van der Waals surface area (Å²) >= 11 is 3.45. The van der Waals surface area contributed by atoms with E-state index < -0.39 is 5.54 Å². The number of benzene rings is 1. The van der Waals surface area contributed by atoms with Gasteiger partial charge in [-0.15, -0.1) is 0 Å². The van der Waals surface area contributed by atoms with Crippen molar-refractivity contribution in [3.05, 3.63) is 28.7 Å². The maximum absolute atomic E-state index is 9.39. The summed E-state index contributed by atoms with van der Waals surface area (Å²) in [5.41, 5.74) is 0.513. The zero-order chi connectivity index (χ0) is 14.1.